The minimum Gasteiger partial charge on any atom is -0.314 e. The summed E-state index contributed by atoms with van der Waals surface area (Å²) in [7, 11) is 0. The SMILES string of the molecule is CC1CCCn2c(Cc3cccc(C(F)(F)F)c3)nnc21. The Balaban J connectivity index is 1.88. The van der Waals surface area contributed by atoms with Gasteiger partial charge in [0.05, 0.1) is 5.56 Å². The van der Waals surface area contributed by atoms with Crippen LogP contribution in [0.4, 0.5) is 13.2 Å². The fourth-order valence-electron chi connectivity index (χ4n) is 2.81. The Kier molecular flexibility index (Phi) is 3.47. The number of halogens is 3. The van der Waals surface area contributed by atoms with Crippen LogP contribution in [0, 0.1) is 0 Å². The van der Waals surface area contributed by atoms with Crippen molar-refractivity contribution in [3.05, 3.63) is 47.0 Å². The lowest BCUT2D eigenvalue weighted by atomic mass is 10.0. The van der Waals surface area contributed by atoms with Gasteiger partial charge in [-0.3, -0.25) is 0 Å². The van der Waals surface area contributed by atoms with Gasteiger partial charge in [0.25, 0.3) is 0 Å². The third-order valence-corrected chi connectivity index (χ3v) is 3.93. The van der Waals surface area contributed by atoms with E-state index in [9.17, 15) is 13.2 Å². The molecule has 0 radical (unpaired) electrons. The van der Waals surface area contributed by atoms with E-state index >= 15 is 0 Å². The molecule has 6 heteroatoms. The summed E-state index contributed by atoms with van der Waals surface area (Å²) in [5.41, 5.74) is -0.00926. The van der Waals surface area contributed by atoms with Gasteiger partial charge in [0.15, 0.2) is 0 Å². The van der Waals surface area contributed by atoms with Gasteiger partial charge in [-0.25, -0.2) is 0 Å². The first-order chi connectivity index (χ1) is 9.95. The van der Waals surface area contributed by atoms with Crippen molar-refractivity contribution >= 4 is 0 Å². The van der Waals surface area contributed by atoms with Gasteiger partial charge in [0, 0.05) is 18.9 Å². The van der Waals surface area contributed by atoms with Crippen LogP contribution in [0.25, 0.3) is 0 Å². The van der Waals surface area contributed by atoms with Crippen LogP contribution in [0.5, 0.6) is 0 Å². The first-order valence-corrected chi connectivity index (χ1v) is 7.03. The summed E-state index contributed by atoms with van der Waals surface area (Å²) in [4.78, 5) is 0. The molecule has 0 bridgehead atoms. The first-order valence-electron chi connectivity index (χ1n) is 7.03. The zero-order chi connectivity index (χ0) is 15.0. The number of rotatable bonds is 2. The molecule has 112 valence electrons. The van der Waals surface area contributed by atoms with Crippen LogP contribution in [-0.2, 0) is 19.1 Å². The molecule has 0 spiro atoms. The van der Waals surface area contributed by atoms with Crippen molar-refractivity contribution in [1.29, 1.82) is 0 Å². The Labute approximate surface area is 120 Å². The molecule has 2 heterocycles. The highest BCUT2D eigenvalue weighted by Crippen LogP contribution is 2.30. The third-order valence-electron chi connectivity index (χ3n) is 3.93. The molecular weight excluding hydrogens is 279 g/mol. The molecule has 0 fully saturated rings. The van der Waals surface area contributed by atoms with E-state index < -0.39 is 11.7 Å². The number of alkyl halides is 3. The van der Waals surface area contributed by atoms with Crippen molar-refractivity contribution in [3.8, 4) is 0 Å². The number of nitrogens with zero attached hydrogens (tertiary/aromatic N) is 3. The molecule has 1 atom stereocenters. The second-order valence-electron chi connectivity index (χ2n) is 5.54. The average molecular weight is 295 g/mol. The lowest BCUT2D eigenvalue weighted by Gasteiger charge is -2.20. The summed E-state index contributed by atoms with van der Waals surface area (Å²) in [5, 5.41) is 8.36. The van der Waals surface area contributed by atoms with Crippen molar-refractivity contribution in [2.75, 3.05) is 0 Å². The molecule has 1 unspecified atom stereocenters. The zero-order valence-corrected chi connectivity index (χ0v) is 11.7. The van der Waals surface area contributed by atoms with E-state index in [4.69, 9.17) is 0 Å². The Morgan fingerprint density at radius 2 is 2.10 bits per heavy atom. The summed E-state index contributed by atoms with van der Waals surface area (Å²) in [6.45, 7) is 2.95. The number of hydrogen-bond acceptors (Lipinski definition) is 2. The fraction of sp³-hybridized carbons (Fsp3) is 0.467. The van der Waals surface area contributed by atoms with Gasteiger partial charge in [-0.1, -0.05) is 25.1 Å². The molecule has 0 N–H and O–H groups in total. The van der Waals surface area contributed by atoms with Crippen LogP contribution in [0.15, 0.2) is 24.3 Å². The van der Waals surface area contributed by atoms with Gasteiger partial charge in [-0.2, -0.15) is 13.2 Å². The van der Waals surface area contributed by atoms with Crippen LogP contribution >= 0.6 is 0 Å². The molecule has 1 aromatic carbocycles. The van der Waals surface area contributed by atoms with Crippen molar-refractivity contribution in [2.45, 2.75) is 44.8 Å². The zero-order valence-electron chi connectivity index (χ0n) is 11.7. The Morgan fingerprint density at radius 3 is 2.86 bits per heavy atom. The predicted octanol–water partition coefficient (Wildman–Crippen LogP) is 3.79. The molecular formula is C15H16F3N3. The molecule has 0 saturated heterocycles. The second kappa shape index (κ2) is 5.16. The standard InChI is InChI=1S/C15H16F3N3/c1-10-4-3-7-21-13(19-20-14(10)21)9-11-5-2-6-12(8-11)15(16,17)18/h2,5-6,8,10H,3-4,7,9H2,1H3. The quantitative estimate of drug-likeness (QED) is 0.844. The molecule has 0 saturated carbocycles. The van der Waals surface area contributed by atoms with E-state index in [0.717, 1.165) is 37.1 Å². The van der Waals surface area contributed by atoms with Crippen molar-refractivity contribution in [3.63, 3.8) is 0 Å². The van der Waals surface area contributed by atoms with E-state index in [1.807, 2.05) is 0 Å². The minimum atomic E-state index is -4.31. The summed E-state index contributed by atoms with van der Waals surface area (Å²) in [6.07, 6.45) is -1.79. The first kappa shape index (κ1) is 14.1. The van der Waals surface area contributed by atoms with Crippen LogP contribution < -0.4 is 0 Å². The topological polar surface area (TPSA) is 30.7 Å². The van der Waals surface area contributed by atoms with E-state index in [1.54, 1.807) is 6.07 Å². The largest absolute Gasteiger partial charge is 0.416 e. The van der Waals surface area contributed by atoms with Gasteiger partial charge in [-0.15, -0.1) is 10.2 Å². The highest BCUT2D eigenvalue weighted by atomic mass is 19.4. The van der Waals surface area contributed by atoms with Crippen LogP contribution in [0.1, 0.15) is 48.5 Å². The molecule has 3 nitrogen and oxygen atoms in total. The molecule has 0 amide bonds. The molecule has 1 aliphatic heterocycles. The number of aromatic nitrogens is 3. The van der Waals surface area contributed by atoms with E-state index in [-0.39, 0.29) is 0 Å². The van der Waals surface area contributed by atoms with Gasteiger partial charge in [0.2, 0.25) is 0 Å². The maximum atomic E-state index is 12.7. The van der Waals surface area contributed by atoms with Crippen LogP contribution in [0.3, 0.4) is 0 Å². The predicted molar refractivity (Wildman–Crippen MR) is 71.9 cm³/mol. The fourth-order valence-corrected chi connectivity index (χ4v) is 2.81. The minimum absolute atomic E-state index is 0.363. The lowest BCUT2D eigenvalue weighted by Crippen LogP contribution is -2.16. The van der Waals surface area contributed by atoms with Crippen molar-refractivity contribution < 1.29 is 13.2 Å². The second-order valence-corrected chi connectivity index (χ2v) is 5.54. The van der Waals surface area contributed by atoms with Gasteiger partial charge in [0.1, 0.15) is 11.6 Å². The van der Waals surface area contributed by atoms with Crippen molar-refractivity contribution in [2.24, 2.45) is 0 Å². The van der Waals surface area contributed by atoms with Crippen molar-refractivity contribution in [1.82, 2.24) is 14.8 Å². The third kappa shape index (κ3) is 2.80. The summed E-state index contributed by atoms with van der Waals surface area (Å²) >= 11 is 0. The number of fused-ring (bicyclic) bond motifs is 1. The van der Waals surface area contributed by atoms with Gasteiger partial charge >= 0.3 is 6.18 Å². The molecule has 1 aliphatic rings. The smallest absolute Gasteiger partial charge is 0.314 e. The molecule has 1 aromatic heterocycles. The maximum absolute atomic E-state index is 12.7. The summed E-state index contributed by atoms with van der Waals surface area (Å²) in [5.74, 6) is 2.06. The van der Waals surface area contributed by atoms with E-state index in [0.29, 0.717) is 17.9 Å². The maximum Gasteiger partial charge on any atom is 0.416 e. The Bertz CT molecular complexity index is 646. The average Bonchev–Trinajstić information content (AvgIpc) is 2.83. The molecule has 2 aromatic rings. The highest BCUT2D eigenvalue weighted by molar-refractivity contribution is 5.28. The van der Waals surface area contributed by atoms with Crippen LogP contribution in [0.2, 0.25) is 0 Å². The molecule has 0 aliphatic carbocycles. The highest BCUT2D eigenvalue weighted by Gasteiger charge is 2.30. The van der Waals surface area contributed by atoms with E-state index in [1.165, 1.54) is 12.1 Å². The van der Waals surface area contributed by atoms with E-state index in [2.05, 4.69) is 21.7 Å². The normalized spacial score (nSPS) is 18.6. The van der Waals surface area contributed by atoms with Gasteiger partial charge in [-0.05, 0) is 24.5 Å². The Hall–Kier alpha value is -1.85. The van der Waals surface area contributed by atoms with Gasteiger partial charge < -0.3 is 4.57 Å². The lowest BCUT2D eigenvalue weighted by molar-refractivity contribution is -0.137. The number of hydrogen-bond donors (Lipinski definition) is 0. The summed E-state index contributed by atoms with van der Waals surface area (Å²) < 4.78 is 40.3. The van der Waals surface area contributed by atoms with Crippen LogP contribution in [-0.4, -0.2) is 14.8 Å². The molecule has 21 heavy (non-hydrogen) atoms. The molecule has 3 rings (SSSR count). The number of benzene rings is 1. The monoisotopic (exact) mass is 295 g/mol. The summed E-state index contributed by atoms with van der Waals surface area (Å²) in [6, 6.07) is 5.41. The Morgan fingerprint density at radius 1 is 1.29 bits per heavy atom.